The molecule has 0 heterocycles. The van der Waals surface area contributed by atoms with Crippen LogP contribution in [0.3, 0.4) is 0 Å². The van der Waals surface area contributed by atoms with Gasteiger partial charge in [0.25, 0.3) is 0 Å². The number of rotatable bonds is 3. The van der Waals surface area contributed by atoms with Gasteiger partial charge in [0.2, 0.25) is 0 Å². The van der Waals surface area contributed by atoms with Crippen molar-refractivity contribution in [1.29, 1.82) is 0 Å². The van der Waals surface area contributed by atoms with Gasteiger partial charge in [-0.1, -0.05) is 23.2 Å². The fourth-order valence-electron chi connectivity index (χ4n) is 1.27. The van der Waals surface area contributed by atoms with Gasteiger partial charge in [-0.2, -0.15) is 0 Å². The SMILES string of the molecule is COC(=O)Cc1cc(Cl)ccc1[B-](F)(F)F.[K+]. The van der Waals surface area contributed by atoms with Crippen molar-refractivity contribution >= 4 is 30.0 Å². The average Bonchev–Trinajstić information content (AvgIpc) is 2.15. The summed E-state index contributed by atoms with van der Waals surface area (Å²) in [7, 11) is 1.12. The van der Waals surface area contributed by atoms with Crippen molar-refractivity contribution in [1.82, 2.24) is 0 Å². The summed E-state index contributed by atoms with van der Waals surface area (Å²) < 4.78 is 42.1. The number of benzene rings is 1. The Bertz CT molecular complexity index is 412. The molecule has 0 spiro atoms. The fourth-order valence-corrected chi connectivity index (χ4v) is 1.47. The molecule has 0 aromatic heterocycles. The minimum absolute atomic E-state index is 0. The van der Waals surface area contributed by atoms with Gasteiger partial charge < -0.3 is 17.7 Å². The molecular formula is C9H8BClF3KO2. The molecule has 2 nitrogen and oxygen atoms in total. The van der Waals surface area contributed by atoms with Gasteiger partial charge in [0, 0.05) is 5.02 Å². The average molecular weight is 291 g/mol. The Morgan fingerprint density at radius 1 is 1.41 bits per heavy atom. The Balaban J connectivity index is 0.00000256. The van der Waals surface area contributed by atoms with Crippen molar-refractivity contribution in [3.63, 3.8) is 0 Å². The number of carbonyl (C=O) groups is 1. The van der Waals surface area contributed by atoms with Crippen molar-refractivity contribution < 1.29 is 73.9 Å². The standard InChI is InChI=1S/C9H8BClF3O2.K/c1-16-9(15)5-6-4-7(11)2-3-8(6)10(12,13)14;/h2-4H,5H2,1H3;/q-1;+1. The molecule has 0 aliphatic heterocycles. The van der Waals surface area contributed by atoms with Crippen LogP contribution in [0.2, 0.25) is 5.02 Å². The molecule has 8 heteroatoms. The Labute approximate surface area is 144 Å². The van der Waals surface area contributed by atoms with Crippen LogP contribution in [0.15, 0.2) is 18.2 Å². The summed E-state index contributed by atoms with van der Waals surface area (Å²) in [6.45, 7) is -5.15. The molecule has 0 unspecified atom stereocenters. The van der Waals surface area contributed by atoms with Gasteiger partial charge in [-0.25, -0.2) is 0 Å². The second-order valence-electron chi connectivity index (χ2n) is 3.17. The molecule has 0 atom stereocenters. The second-order valence-corrected chi connectivity index (χ2v) is 3.61. The van der Waals surface area contributed by atoms with Gasteiger partial charge in [-0.15, -0.1) is 5.46 Å². The maximum Gasteiger partial charge on any atom is 1.00 e. The van der Waals surface area contributed by atoms with E-state index in [1.54, 1.807) is 0 Å². The number of halogens is 4. The maximum absolute atomic E-state index is 12.6. The zero-order valence-electron chi connectivity index (χ0n) is 9.34. The first kappa shape index (κ1) is 17.5. The van der Waals surface area contributed by atoms with Crippen molar-refractivity contribution in [2.24, 2.45) is 0 Å². The third-order valence-corrected chi connectivity index (χ3v) is 2.26. The van der Waals surface area contributed by atoms with E-state index in [2.05, 4.69) is 4.74 Å². The van der Waals surface area contributed by atoms with Crippen LogP contribution in [-0.4, -0.2) is 20.1 Å². The van der Waals surface area contributed by atoms with E-state index in [-0.39, 0.29) is 62.0 Å². The number of esters is 1. The molecular weight excluding hydrogens is 282 g/mol. The molecule has 1 aromatic rings. The number of hydrogen-bond acceptors (Lipinski definition) is 2. The third kappa shape index (κ3) is 5.32. The van der Waals surface area contributed by atoms with Crippen molar-refractivity contribution in [3.05, 3.63) is 28.8 Å². The van der Waals surface area contributed by atoms with Crippen LogP contribution in [0, 0.1) is 0 Å². The largest absolute Gasteiger partial charge is 1.00 e. The molecule has 0 N–H and O–H groups in total. The maximum atomic E-state index is 12.6. The van der Waals surface area contributed by atoms with E-state index >= 15 is 0 Å². The van der Waals surface area contributed by atoms with Crippen LogP contribution in [-0.2, 0) is 16.0 Å². The van der Waals surface area contributed by atoms with E-state index < -0.39 is 24.8 Å². The zero-order chi connectivity index (χ0) is 12.3. The Hall–Kier alpha value is 0.471. The van der Waals surface area contributed by atoms with Gasteiger partial charge in [0.1, 0.15) is 0 Å². The van der Waals surface area contributed by atoms with Gasteiger partial charge in [0.05, 0.1) is 13.5 Å². The first-order valence-corrected chi connectivity index (χ1v) is 4.77. The predicted octanol–water partition coefficient (Wildman–Crippen LogP) is -0.886. The van der Waals surface area contributed by atoms with Crippen molar-refractivity contribution in [2.75, 3.05) is 7.11 Å². The predicted molar refractivity (Wildman–Crippen MR) is 55.9 cm³/mol. The van der Waals surface area contributed by atoms with E-state index in [1.807, 2.05) is 0 Å². The molecule has 0 radical (unpaired) electrons. The van der Waals surface area contributed by atoms with E-state index in [4.69, 9.17) is 11.6 Å². The van der Waals surface area contributed by atoms with Gasteiger partial charge in [0.15, 0.2) is 0 Å². The molecule has 0 bridgehead atoms. The van der Waals surface area contributed by atoms with E-state index in [9.17, 15) is 17.7 Å². The Kier molecular flexibility index (Phi) is 7.36. The first-order chi connectivity index (χ1) is 7.34. The van der Waals surface area contributed by atoms with E-state index in [0.29, 0.717) is 0 Å². The molecule has 0 aliphatic carbocycles. The van der Waals surface area contributed by atoms with Crippen LogP contribution in [0.1, 0.15) is 5.56 Å². The van der Waals surface area contributed by atoms with E-state index in [0.717, 1.165) is 25.3 Å². The minimum atomic E-state index is -5.15. The summed E-state index contributed by atoms with van der Waals surface area (Å²) in [6, 6.07) is 3.15. The van der Waals surface area contributed by atoms with Gasteiger partial charge >= 0.3 is 64.3 Å². The van der Waals surface area contributed by atoms with Crippen molar-refractivity contribution in [2.45, 2.75) is 6.42 Å². The summed E-state index contributed by atoms with van der Waals surface area (Å²) in [6.07, 6.45) is -0.437. The monoisotopic (exact) mass is 290 g/mol. The zero-order valence-corrected chi connectivity index (χ0v) is 13.2. The molecule has 1 aromatic carbocycles. The van der Waals surface area contributed by atoms with Crippen LogP contribution in [0.5, 0.6) is 0 Å². The van der Waals surface area contributed by atoms with E-state index in [1.165, 1.54) is 0 Å². The number of ether oxygens (including phenoxy) is 1. The molecule has 1 rings (SSSR count). The summed E-state index contributed by atoms with van der Waals surface area (Å²) in [4.78, 5) is 10.9. The topological polar surface area (TPSA) is 26.3 Å². The Morgan fingerprint density at radius 3 is 2.47 bits per heavy atom. The summed E-state index contributed by atoms with van der Waals surface area (Å²) >= 11 is 5.58. The third-order valence-electron chi connectivity index (χ3n) is 2.02. The molecule has 0 amide bonds. The number of carbonyl (C=O) groups excluding carboxylic acids is 1. The van der Waals surface area contributed by atoms with Crippen LogP contribution in [0.25, 0.3) is 0 Å². The van der Waals surface area contributed by atoms with Gasteiger partial charge in [-0.05, 0) is 12.1 Å². The van der Waals surface area contributed by atoms with Crippen LogP contribution < -0.4 is 56.8 Å². The number of hydrogen-bond donors (Lipinski definition) is 0. The first-order valence-electron chi connectivity index (χ1n) is 4.39. The van der Waals surface area contributed by atoms with Gasteiger partial charge in [-0.3, -0.25) is 4.79 Å². The molecule has 0 saturated heterocycles. The van der Waals surface area contributed by atoms with Crippen LogP contribution >= 0.6 is 11.6 Å². The molecule has 0 saturated carbocycles. The quantitative estimate of drug-likeness (QED) is 0.533. The van der Waals surface area contributed by atoms with Crippen LogP contribution in [0.4, 0.5) is 12.9 Å². The summed E-state index contributed by atoms with van der Waals surface area (Å²) in [5, 5.41) is 0.155. The minimum Gasteiger partial charge on any atom is -0.469 e. The molecule has 88 valence electrons. The molecule has 0 fully saturated rings. The fraction of sp³-hybridized carbons (Fsp3) is 0.222. The normalized spacial score (nSPS) is 10.6. The second kappa shape index (κ2) is 7.16. The Morgan fingerprint density at radius 2 is 2.00 bits per heavy atom. The number of methoxy groups -OCH3 is 1. The molecule has 0 aliphatic rings. The smallest absolute Gasteiger partial charge is 0.469 e. The summed E-state index contributed by atoms with van der Waals surface area (Å²) in [5.41, 5.74) is -0.971. The van der Waals surface area contributed by atoms with Crippen molar-refractivity contribution in [3.8, 4) is 0 Å². The molecule has 17 heavy (non-hydrogen) atoms. The summed E-state index contributed by atoms with van der Waals surface area (Å²) in [5.74, 6) is -0.733.